The van der Waals surface area contributed by atoms with Crippen LogP contribution in [0.2, 0.25) is 0 Å². The summed E-state index contributed by atoms with van der Waals surface area (Å²) < 4.78 is 26.9. The normalized spacial score (nSPS) is 13.5. The number of hydrogen-bond donors (Lipinski definition) is 1. The fraction of sp³-hybridized carbons (Fsp3) is 0.208. The number of para-hydroxylation sites is 1. The molecule has 2 aromatic carbocycles. The van der Waals surface area contributed by atoms with Crippen molar-refractivity contribution in [3.63, 3.8) is 0 Å². The summed E-state index contributed by atoms with van der Waals surface area (Å²) in [7, 11) is 3.34. The van der Waals surface area contributed by atoms with Crippen LogP contribution in [-0.2, 0) is 11.8 Å². The van der Waals surface area contributed by atoms with Gasteiger partial charge in [-0.2, -0.15) is 9.37 Å². The van der Waals surface area contributed by atoms with E-state index >= 15 is 0 Å². The van der Waals surface area contributed by atoms with E-state index in [-0.39, 0.29) is 17.4 Å². The molecular weight excluding hydrogens is 455 g/mol. The van der Waals surface area contributed by atoms with Gasteiger partial charge in [0.05, 0.1) is 42.2 Å². The summed E-state index contributed by atoms with van der Waals surface area (Å²) in [5.74, 6) is -0.363. The van der Waals surface area contributed by atoms with Crippen LogP contribution in [0.5, 0.6) is 5.75 Å². The maximum atomic E-state index is 14.1. The lowest BCUT2D eigenvalue weighted by Crippen LogP contribution is -2.08. The van der Waals surface area contributed by atoms with Crippen LogP contribution in [0.15, 0.2) is 48.8 Å². The summed E-state index contributed by atoms with van der Waals surface area (Å²) in [5.41, 5.74) is 3.46. The summed E-state index contributed by atoms with van der Waals surface area (Å²) in [6, 6.07) is 9.97. The first-order valence-electron chi connectivity index (χ1n) is 10.8. The van der Waals surface area contributed by atoms with Crippen LogP contribution in [0.25, 0.3) is 27.9 Å². The van der Waals surface area contributed by atoms with Crippen LogP contribution in [0.4, 0.5) is 21.7 Å². The van der Waals surface area contributed by atoms with Crippen molar-refractivity contribution in [3.8, 4) is 17.1 Å². The number of nitro benzene ring substituents is 1. The Bertz CT molecular complexity index is 1480. The Morgan fingerprint density at radius 1 is 1.26 bits per heavy atom. The van der Waals surface area contributed by atoms with Crippen LogP contribution in [0.1, 0.15) is 12.1 Å². The molecule has 0 spiro atoms. The van der Waals surface area contributed by atoms with Gasteiger partial charge in [-0.05, 0) is 18.1 Å². The number of hydrogen-bond acceptors (Lipinski definition) is 8. The van der Waals surface area contributed by atoms with E-state index in [4.69, 9.17) is 9.47 Å². The van der Waals surface area contributed by atoms with Crippen LogP contribution in [0, 0.1) is 15.9 Å². The molecule has 3 heterocycles. The second-order valence-electron chi connectivity index (χ2n) is 7.87. The highest BCUT2D eigenvalue weighted by atomic mass is 19.1. The van der Waals surface area contributed by atoms with E-state index in [1.165, 1.54) is 13.4 Å². The first-order valence-corrected chi connectivity index (χ1v) is 10.8. The Hall–Kier alpha value is -4.38. The minimum Gasteiger partial charge on any atom is -0.494 e. The van der Waals surface area contributed by atoms with Crippen LogP contribution >= 0.6 is 0 Å². The third kappa shape index (κ3) is 4.06. The fourth-order valence-corrected chi connectivity index (χ4v) is 4.29. The molecule has 1 N–H and O–H groups in total. The molecule has 0 unspecified atom stereocenters. The van der Waals surface area contributed by atoms with Crippen LogP contribution < -0.4 is 10.1 Å². The van der Waals surface area contributed by atoms with E-state index in [1.807, 2.05) is 31.3 Å². The molecule has 4 aromatic rings. The SMILES string of the molecule is COc1cc(F)c([N+](=O)[O-])cc1Nc1ncnc(-c2c(C3=CCOCC3)n(C)c3ccccc23)n1. The minimum absolute atomic E-state index is 0.0771. The minimum atomic E-state index is -1.00. The summed E-state index contributed by atoms with van der Waals surface area (Å²) in [6.45, 7) is 1.16. The molecule has 178 valence electrons. The van der Waals surface area contributed by atoms with Crippen molar-refractivity contribution in [2.45, 2.75) is 6.42 Å². The first kappa shape index (κ1) is 22.4. The average Bonchev–Trinajstić information content (AvgIpc) is 3.18. The number of nitrogens with zero attached hydrogens (tertiary/aromatic N) is 5. The number of ether oxygens (including phenoxy) is 2. The lowest BCUT2D eigenvalue weighted by atomic mass is 10.0. The topological polar surface area (TPSA) is 117 Å². The zero-order chi connectivity index (χ0) is 24.5. The summed E-state index contributed by atoms with van der Waals surface area (Å²) in [4.78, 5) is 23.6. The Morgan fingerprint density at radius 2 is 2.09 bits per heavy atom. The maximum absolute atomic E-state index is 14.1. The molecule has 0 amide bonds. The van der Waals surface area contributed by atoms with E-state index in [0.29, 0.717) is 19.0 Å². The van der Waals surface area contributed by atoms with E-state index in [1.54, 1.807) is 0 Å². The smallest absolute Gasteiger partial charge is 0.307 e. The Morgan fingerprint density at radius 3 is 2.83 bits per heavy atom. The van der Waals surface area contributed by atoms with Gasteiger partial charge in [-0.3, -0.25) is 10.1 Å². The van der Waals surface area contributed by atoms with Crippen LogP contribution in [0.3, 0.4) is 0 Å². The molecule has 11 heteroatoms. The van der Waals surface area contributed by atoms with Gasteiger partial charge in [0, 0.05) is 30.1 Å². The molecule has 1 aliphatic rings. The number of rotatable bonds is 6. The highest BCUT2D eigenvalue weighted by molar-refractivity contribution is 6.01. The largest absolute Gasteiger partial charge is 0.494 e. The van der Waals surface area contributed by atoms with Gasteiger partial charge in [-0.25, -0.2) is 9.97 Å². The molecule has 0 saturated carbocycles. The first-order chi connectivity index (χ1) is 17.0. The van der Waals surface area contributed by atoms with Crippen molar-refractivity contribution in [1.29, 1.82) is 0 Å². The van der Waals surface area contributed by atoms with E-state index in [0.717, 1.165) is 46.3 Å². The molecule has 0 saturated heterocycles. The highest BCUT2D eigenvalue weighted by Gasteiger charge is 2.24. The molecule has 10 nitrogen and oxygen atoms in total. The van der Waals surface area contributed by atoms with Crippen LogP contribution in [-0.4, -0.2) is 44.8 Å². The average molecular weight is 476 g/mol. The van der Waals surface area contributed by atoms with E-state index in [9.17, 15) is 14.5 Å². The number of anilines is 2. The van der Waals surface area contributed by atoms with Crippen molar-refractivity contribution < 1.29 is 18.8 Å². The van der Waals surface area contributed by atoms with Gasteiger partial charge in [-0.15, -0.1) is 0 Å². The number of fused-ring (bicyclic) bond motifs is 1. The van der Waals surface area contributed by atoms with Crippen molar-refractivity contribution in [3.05, 3.63) is 70.4 Å². The molecular formula is C24H21FN6O4. The monoisotopic (exact) mass is 476 g/mol. The standard InChI is InChI=1S/C24H21FN6O4/c1-30-18-6-4-3-5-15(18)21(22(30)14-7-9-35-10-8-14)23-26-13-27-24(29-23)28-17-12-19(31(32)33)16(25)11-20(17)34-2/h3-7,11-13H,8-10H2,1-2H3,(H,26,27,28,29). The van der Waals surface area contributed by atoms with Gasteiger partial charge in [0.1, 0.15) is 12.1 Å². The summed E-state index contributed by atoms with van der Waals surface area (Å²) in [6.07, 6.45) is 4.17. The second-order valence-corrected chi connectivity index (χ2v) is 7.87. The number of methoxy groups -OCH3 is 1. The highest BCUT2D eigenvalue weighted by Crippen LogP contribution is 2.39. The number of halogens is 1. The molecule has 0 atom stereocenters. The summed E-state index contributed by atoms with van der Waals surface area (Å²) in [5, 5.41) is 15.1. The Balaban J connectivity index is 1.63. The van der Waals surface area contributed by atoms with Crippen molar-refractivity contribution >= 4 is 33.8 Å². The van der Waals surface area contributed by atoms with Crippen molar-refractivity contribution in [2.24, 2.45) is 7.05 Å². The number of benzene rings is 2. The number of nitrogens with one attached hydrogen (secondary N) is 1. The number of aromatic nitrogens is 4. The summed E-state index contributed by atoms with van der Waals surface area (Å²) >= 11 is 0. The molecule has 0 radical (unpaired) electrons. The van der Waals surface area contributed by atoms with E-state index in [2.05, 4.69) is 30.9 Å². The third-order valence-corrected chi connectivity index (χ3v) is 5.88. The number of nitro groups is 1. The Kier molecular flexibility index (Phi) is 5.83. The zero-order valence-electron chi connectivity index (χ0n) is 19.0. The predicted molar refractivity (Wildman–Crippen MR) is 128 cm³/mol. The van der Waals surface area contributed by atoms with Crippen molar-refractivity contribution in [2.75, 3.05) is 25.6 Å². The van der Waals surface area contributed by atoms with Gasteiger partial charge >= 0.3 is 5.69 Å². The Labute approximate surface area is 199 Å². The van der Waals surface area contributed by atoms with E-state index < -0.39 is 16.4 Å². The predicted octanol–water partition coefficient (Wildman–Crippen LogP) is 4.63. The molecule has 0 bridgehead atoms. The lowest BCUT2D eigenvalue weighted by molar-refractivity contribution is -0.387. The van der Waals surface area contributed by atoms with Gasteiger partial charge in [0.2, 0.25) is 11.8 Å². The second kappa shape index (κ2) is 9.11. The fourth-order valence-electron chi connectivity index (χ4n) is 4.29. The molecule has 0 aliphatic carbocycles. The van der Waals surface area contributed by atoms with Gasteiger partial charge < -0.3 is 19.4 Å². The van der Waals surface area contributed by atoms with Crippen molar-refractivity contribution in [1.82, 2.24) is 19.5 Å². The number of aryl methyl sites for hydroxylation is 1. The molecule has 35 heavy (non-hydrogen) atoms. The lowest BCUT2D eigenvalue weighted by Gasteiger charge is -2.16. The zero-order valence-corrected chi connectivity index (χ0v) is 19.0. The van der Waals surface area contributed by atoms with Gasteiger partial charge in [0.25, 0.3) is 0 Å². The van der Waals surface area contributed by atoms with Gasteiger partial charge in [-0.1, -0.05) is 24.3 Å². The molecule has 5 rings (SSSR count). The van der Waals surface area contributed by atoms with Gasteiger partial charge in [0.15, 0.2) is 5.82 Å². The molecule has 0 fully saturated rings. The third-order valence-electron chi connectivity index (χ3n) is 5.88. The maximum Gasteiger partial charge on any atom is 0.307 e. The molecule has 2 aromatic heterocycles. The quantitative estimate of drug-likeness (QED) is 0.316. The molecule has 1 aliphatic heterocycles.